The molecule has 1 aromatic heterocycles. The van der Waals surface area contributed by atoms with Crippen molar-refractivity contribution in [3.63, 3.8) is 0 Å². The Bertz CT molecular complexity index is 538. The van der Waals surface area contributed by atoms with Gasteiger partial charge in [-0.15, -0.1) is 0 Å². The van der Waals surface area contributed by atoms with E-state index in [9.17, 15) is 5.11 Å². The quantitative estimate of drug-likeness (QED) is 0.810. The molecule has 1 aromatic carbocycles. The molecule has 2 N–H and O–H groups in total. The van der Waals surface area contributed by atoms with E-state index in [0.29, 0.717) is 18.0 Å². The number of nitrogens with one attached hydrogen (secondary N) is 1. The molecule has 4 nitrogen and oxygen atoms in total. The molecule has 0 atom stereocenters. The Morgan fingerprint density at radius 2 is 2.11 bits per heavy atom. The van der Waals surface area contributed by atoms with Gasteiger partial charge in [-0.25, -0.2) is 0 Å². The number of rotatable bonds is 5. The third-order valence-electron chi connectivity index (χ3n) is 2.92. The lowest BCUT2D eigenvalue weighted by atomic mass is 10.2. The number of aryl methyl sites for hydroxylation is 1. The molecule has 0 aliphatic carbocycles. The van der Waals surface area contributed by atoms with Crippen molar-refractivity contribution in [1.82, 2.24) is 4.98 Å². The van der Waals surface area contributed by atoms with E-state index in [-0.39, 0.29) is 5.75 Å². The Labute approximate surface area is 113 Å². The summed E-state index contributed by atoms with van der Waals surface area (Å²) in [5.41, 5.74) is 2.74. The highest BCUT2D eigenvalue weighted by Gasteiger charge is 2.02. The van der Waals surface area contributed by atoms with E-state index in [1.165, 1.54) is 5.56 Å². The second-order valence-electron chi connectivity index (χ2n) is 4.23. The summed E-state index contributed by atoms with van der Waals surface area (Å²) in [7, 11) is 1.75. The van der Waals surface area contributed by atoms with Crippen molar-refractivity contribution in [1.29, 1.82) is 0 Å². The van der Waals surface area contributed by atoms with E-state index in [1.54, 1.807) is 25.2 Å². The second kappa shape index (κ2) is 6.09. The third kappa shape index (κ3) is 3.37. The molecule has 0 amide bonds. The Hall–Kier alpha value is -2.23. The standard InChI is InChI=1S/C15H18N2O2/c1-3-11-4-5-12(17-9-11)10-19-13-6-7-15(18)14(8-13)16-2/h4-9,16,18H,3,10H2,1-2H3. The molecule has 0 fully saturated rings. The van der Waals surface area contributed by atoms with Gasteiger partial charge in [0.25, 0.3) is 0 Å². The number of anilines is 1. The summed E-state index contributed by atoms with van der Waals surface area (Å²) in [5, 5.41) is 12.5. The summed E-state index contributed by atoms with van der Waals surface area (Å²) in [6.07, 6.45) is 2.85. The zero-order valence-corrected chi connectivity index (χ0v) is 11.2. The van der Waals surface area contributed by atoms with Crippen molar-refractivity contribution in [3.8, 4) is 11.5 Å². The first kappa shape index (κ1) is 13.2. The van der Waals surface area contributed by atoms with Gasteiger partial charge in [-0.05, 0) is 30.2 Å². The third-order valence-corrected chi connectivity index (χ3v) is 2.92. The first-order valence-corrected chi connectivity index (χ1v) is 6.30. The second-order valence-corrected chi connectivity index (χ2v) is 4.23. The van der Waals surface area contributed by atoms with Gasteiger partial charge in [0.15, 0.2) is 0 Å². The SMILES string of the molecule is CCc1ccc(COc2ccc(O)c(NC)c2)nc1. The summed E-state index contributed by atoms with van der Waals surface area (Å²) < 4.78 is 5.65. The van der Waals surface area contributed by atoms with Gasteiger partial charge in [0.05, 0.1) is 11.4 Å². The minimum absolute atomic E-state index is 0.209. The van der Waals surface area contributed by atoms with Gasteiger partial charge < -0.3 is 15.2 Å². The van der Waals surface area contributed by atoms with Gasteiger partial charge in [-0.3, -0.25) is 4.98 Å². The molecule has 0 spiro atoms. The van der Waals surface area contributed by atoms with Crippen molar-refractivity contribution in [2.45, 2.75) is 20.0 Å². The Morgan fingerprint density at radius 3 is 2.74 bits per heavy atom. The fraction of sp³-hybridized carbons (Fsp3) is 0.267. The van der Waals surface area contributed by atoms with Crippen LogP contribution in [0, 0.1) is 0 Å². The molecule has 0 aliphatic rings. The Balaban J connectivity index is 2.01. The molecule has 19 heavy (non-hydrogen) atoms. The molecule has 100 valence electrons. The van der Waals surface area contributed by atoms with Crippen LogP contribution in [-0.4, -0.2) is 17.1 Å². The van der Waals surface area contributed by atoms with E-state index < -0.39 is 0 Å². The van der Waals surface area contributed by atoms with Gasteiger partial charge in [0, 0.05) is 19.3 Å². The van der Waals surface area contributed by atoms with Crippen LogP contribution in [0.3, 0.4) is 0 Å². The van der Waals surface area contributed by atoms with Crippen LogP contribution in [0.25, 0.3) is 0 Å². The van der Waals surface area contributed by atoms with Gasteiger partial charge in [0.2, 0.25) is 0 Å². The minimum atomic E-state index is 0.209. The largest absolute Gasteiger partial charge is 0.506 e. The molecule has 0 saturated heterocycles. The van der Waals surface area contributed by atoms with Crippen molar-refractivity contribution in [2.24, 2.45) is 0 Å². The Kier molecular flexibility index (Phi) is 4.23. The molecule has 0 saturated carbocycles. The number of ether oxygens (including phenoxy) is 1. The molecule has 2 rings (SSSR count). The van der Waals surface area contributed by atoms with Crippen molar-refractivity contribution >= 4 is 5.69 Å². The smallest absolute Gasteiger partial charge is 0.138 e. The first-order valence-electron chi connectivity index (χ1n) is 6.30. The average molecular weight is 258 g/mol. The number of hydrogen-bond acceptors (Lipinski definition) is 4. The lowest BCUT2D eigenvalue weighted by Gasteiger charge is -2.09. The predicted octanol–water partition coefficient (Wildman–Crippen LogP) is 2.97. The summed E-state index contributed by atoms with van der Waals surface area (Å²) in [6, 6.07) is 9.13. The highest BCUT2D eigenvalue weighted by atomic mass is 16.5. The molecule has 4 heteroatoms. The molecule has 0 unspecified atom stereocenters. The van der Waals surface area contributed by atoms with Crippen LogP contribution in [0.15, 0.2) is 36.5 Å². The monoisotopic (exact) mass is 258 g/mol. The number of pyridine rings is 1. The number of phenolic OH excluding ortho intramolecular Hbond substituents is 1. The topological polar surface area (TPSA) is 54.4 Å². The van der Waals surface area contributed by atoms with Crippen LogP contribution in [0.5, 0.6) is 11.5 Å². The zero-order valence-electron chi connectivity index (χ0n) is 11.2. The molecular weight excluding hydrogens is 240 g/mol. The van der Waals surface area contributed by atoms with E-state index in [1.807, 2.05) is 12.3 Å². The number of nitrogens with zero attached hydrogens (tertiary/aromatic N) is 1. The van der Waals surface area contributed by atoms with Gasteiger partial charge in [-0.2, -0.15) is 0 Å². The summed E-state index contributed by atoms with van der Waals surface area (Å²) >= 11 is 0. The van der Waals surface area contributed by atoms with Crippen molar-refractivity contribution in [3.05, 3.63) is 47.8 Å². The maximum Gasteiger partial charge on any atom is 0.138 e. The number of benzene rings is 1. The number of aromatic hydroxyl groups is 1. The van der Waals surface area contributed by atoms with Gasteiger partial charge in [0.1, 0.15) is 18.1 Å². The lowest BCUT2D eigenvalue weighted by Crippen LogP contribution is -1.99. The maximum absolute atomic E-state index is 9.55. The van der Waals surface area contributed by atoms with E-state index >= 15 is 0 Å². The summed E-state index contributed by atoms with van der Waals surface area (Å²) in [6.45, 7) is 2.51. The zero-order chi connectivity index (χ0) is 13.7. The van der Waals surface area contributed by atoms with Gasteiger partial charge >= 0.3 is 0 Å². The van der Waals surface area contributed by atoms with E-state index in [0.717, 1.165) is 12.1 Å². The Morgan fingerprint density at radius 1 is 1.26 bits per heavy atom. The highest BCUT2D eigenvalue weighted by molar-refractivity contribution is 5.58. The molecular formula is C15H18N2O2. The minimum Gasteiger partial charge on any atom is -0.506 e. The van der Waals surface area contributed by atoms with Crippen molar-refractivity contribution in [2.75, 3.05) is 12.4 Å². The van der Waals surface area contributed by atoms with Gasteiger partial charge in [-0.1, -0.05) is 13.0 Å². The molecule has 0 aliphatic heterocycles. The summed E-state index contributed by atoms with van der Waals surface area (Å²) in [5.74, 6) is 0.906. The van der Waals surface area contributed by atoms with Crippen LogP contribution in [0.2, 0.25) is 0 Å². The predicted molar refractivity (Wildman–Crippen MR) is 75.6 cm³/mol. The van der Waals surface area contributed by atoms with Crippen molar-refractivity contribution < 1.29 is 9.84 Å². The number of aromatic nitrogens is 1. The van der Waals surface area contributed by atoms with Crippen LogP contribution < -0.4 is 10.1 Å². The highest BCUT2D eigenvalue weighted by Crippen LogP contribution is 2.27. The normalized spacial score (nSPS) is 10.2. The number of phenols is 1. The molecule has 0 bridgehead atoms. The summed E-state index contributed by atoms with van der Waals surface area (Å²) in [4.78, 5) is 4.33. The molecule has 2 aromatic rings. The molecule has 0 radical (unpaired) electrons. The fourth-order valence-electron chi connectivity index (χ4n) is 1.71. The van der Waals surface area contributed by atoms with Crippen LogP contribution >= 0.6 is 0 Å². The van der Waals surface area contributed by atoms with Crippen LogP contribution in [0.4, 0.5) is 5.69 Å². The van der Waals surface area contributed by atoms with Crippen LogP contribution in [-0.2, 0) is 13.0 Å². The average Bonchev–Trinajstić information content (AvgIpc) is 2.47. The first-order chi connectivity index (χ1) is 9.22. The van der Waals surface area contributed by atoms with E-state index in [2.05, 4.69) is 23.3 Å². The maximum atomic E-state index is 9.55. The van der Waals surface area contributed by atoms with E-state index in [4.69, 9.17) is 4.74 Å². The number of hydrogen-bond donors (Lipinski definition) is 2. The molecule has 1 heterocycles. The lowest BCUT2D eigenvalue weighted by molar-refractivity contribution is 0.301. The fourth-order valence-corrected chi connectivity index (χ4v) is 1.71. The van der Waals surface area contributed by atoms with Crippen LogP contribution in [0.1, 0.15) is 18.2 Å².